The van der Waals surface area contributed by atoms with Crippen molar-refractivity contribution in [2.24, 2.45) is 5.92 Å². The number of amides is 1. The van der Waals surface area contributed by atoms with Crippen LogP contribution in [0.3, 0.4) is 0 Å². The number of hydrogen-bond donors (Lipinski definition) is 2. The molecular formula is C16H22N2O4. The fourth-order valence-electron chi connectivity index (χ4n) is 2.70. The number of nitrogens with one attached hydrogen (secondary N) is 2. The van der Waals surface area contributed by atoms with Crippen molar-refractivity contribution in [1.82, 2.24) is 10.3 Å². The minimum absolute atomic E-state index is 0.0234. The van der Waals surface area contributed by atoms with Gasteiger partial charge in [-0.1, -0.05) is 0 Å². The van der Waals surface area contributed by atoms with Gasteiger partial charge in [0.25, 0.3) is 0 Å². The summed E-state index contributed by atoms with van der Waals surface area (Å²) in [4.78, 5) is 38.6. The summed E-state index contributed by atoms with van der Waals surface area (Å²) in [6.07, 6.45) is 2.31. The molecule has 6 nitrogen and oxygen atoms in total. The van der Waals surface area contributed by atoms with Crippen molar-refractivity contribution < 1.29 is 19.1 Å². The van der Waals surface area contributed by atoms with Crippen molar-refractivity contribution in [2.45, 2.75) is 46.1 Å². The zero-order valence-electron chi connectivity index (χ0n) is 13.4. The number of esters is 1. The maximum atomic E-state index is 12.1. The molecule has 2 N–H and O–H groups in total. The molecule has 2 rings (SSSR count). The summed E-state index contributed by atoms with van der Waals surface area (Å²) in [6.45, 7) is 5.07. The summed E-state index contributed by atoms with van der Waals surface area (Å²) < 4.78 is 4.76. The van der Waals surface area contributed by atoms with Crippen molar-refractivity contribution in [3.8, 4) is 0 Å². The second-order valence-corrected chi connectivity index (χ2v) is 5.90. The average Bonchev–Trinajstić information content (AvgIpc) is 3.23. The monoisotopic (exact) mass is 306 g/mol. The molecule has 22 heavy (non-hydrogen) atoms. The van der Waals surface area contributed by atoms with Crippen LogP contribution in [0.4, 0.5) is 0 Å². The number of hydrogen-bond acceptors (Lipinski definition) is 4. The Labute approximate surface area is 129 Å². The van der Waals surface area contributed by atoms with Crippen molar-refractivity contribution in [3.63, 3.8) is 0 Å². The first-order chi connectivity index (χ1) is 10.3. The lowest BCUT2D eigenvalue weighted by molar-refractivity contribution is -0.121. The van der Waals surface area contributed by atoms with Crippen LogP contribution in [-0.4, -0.2) is 35.8 Å². The molecule has 1 aromatic heterocycles. The Balaban J connectivity index is 2.21. The number of ether oxygens (including phenoxy) is 1. The van der Waals surface area contributed by atoms with Gasteiger partial charge in [-0.3, -0.25) is 9.59 Å². The van der Waals surface area contributed by atoms with Gasteiger partial charge in [0.05, 0.1) is 24.8 Å². The topological polar surface area (TPSA) is 88.3 Å². The van der Waals surface area contributed by atoms with Crippen LogP contribution in [-0.2, 0) is 16.0 Å². The van der Waals surface area contributed by atoms with Gasteiger partial charge in [-0.15, -0.1) is 0 Å². The van der Waals surface area contributed by atoms with Crippen LogP contribution in [0.25, 0.3) is 0 Å². The number of ketones is 1. The first-order valence-corrected chi connectivity index (χ1v) is 7.45. The summed E-state index contributed by atoms with van der Waals surface area (Å²) in [6, 6.07) is 0.136. The van der Waals surface area contributed by atoms with Gasteiger partial charge >= 0.3 is 5.97 Å². The molecular weight excluding hydrogens is 284 g/mol. The third-order valence-corrected chi connectivity index (χ3v) is 4.12. The Morgan fingerprint density at radius 2 is 2.00 bits per heavy atom. The van der Waals surface area contributed by atoms with Crippen LogP contribution in [0.5, 0.6) is 0 Å². The summed E-state index contributed by atoms with van der Waals surface area (Å²) >= 11 is 0. The Bertz CT molecular complexity index is 614. The number of carbonyl (C=O) groups excluding carboxylic acids is 3. The molecule has 0 aliphatic heterocycles. The first-order valence-electron chi connectivity index (χ1n) is 7.45. The molecule has 1 saturated carbocycles. The second-order valence-electron chi connectivity index (χ2n) is 5.90. The SMILES string of the molecule is COC(=O)c1c(CC(=O)NC(C)C2CC2)[nH]c(C(C)=O)c1C. The van der Waals surface area contributed by atoms with Crippen molar-refractivity contribution in [2.75, 3.05) is 7.11 Å². The third-order valence-electron chi connectivity index (χ3n) is 4.12. The van der Waals surface area contributed by atoms with E-state index in [1.54, 1.807) is 6.92 Å². The van der Waals surface area contributed by atoms with E-state index in [1.165, 1.54) is 14.0 Å². The van der Waals surface area contributed by atoms with E-state index >= 15 is 0 Å². The van der Waals surface area contributed by atoms with Gasteiger partial charge in [-0.2, -0.15) is 0 Å². The van der Waals surface area contributed by atoms with E-state index in [9.17, 15) is 14.4 Å². The third kappa shape index (κ3) is 3.37. The highest BCUT2D eigenvalue weighted by atomic mass is 16.5. The molecule has 0 spiro atoms. The van der Waals surface area contributed by atoms with Gasteiger partial charge in [0.1, 0.15) is 0 Å². The molecule has 1 aliphatic carbocycles. The van der Waals surface area contributed by atoms with Crippen LogP contribution < -0.4 is 5.32 Å². The normalized spacial score (nSPS) is 15.3. The lowest BCUT2D eigenvalue weighted by Crippen LogP contribution is -2.35. The lowest BCUT2D eigenvalue weighted by Gasteiger charge is -2.12. The highest BCUT2D eigenvalue weighted by molar-refractivity contribution is 6.01. The highest BCUT2D eigenvalue weighted by Crippen LogP contribution is 2.32. The van der Waals surface area contributed by atoms with E-state index < -0.39 is 5.97 Å². The minimum Gasteiger partial charge on any atom is -0.465 e. The smallest absolute Gasteiger partial charge is 0.339 e. The van der Waals surface area contributed by atoms with Gasteiger partial charge in [0.15, 0.2) is 5.78 Å². The molecule has 1 aliphatic rings. The molecule has 1 unspecified atom stereocenters. The number of aromatic amines is 1. The molecule has 0 bridgehead atoms. The van der Waals surface area contributed by atoms with E-state index in [1.807, 2.05) is 6.92 Å². The summed E-state index contributed by atoms with van der Waals surface area (Å²) in [7, 11) is 1.28. The predicted octanol–water partition coefficient (Wildman–Crippen LogP) is 1.77. The number of rotatable bonds is 6. The lowest BCUT2D eigenvalue weighted by atomic mass is 10.1. The highest BCUT2D eigenvalue weighted by Gasteiger charge is 2.30. The molecule has 6 heteroatoms. The maximum Gasteiger partial charge on any atom is 0.339 e. The Morgan fingerprint density at radius 1 is 1.36 bits per heavy atom. The molecule has 0 aromatic carbocycles. The number of methoxy groups -OCH3 is 1. The quantitative estimate of drug-likeness (QED) is 0.619. The molecule has 1 amide bonds. The second kappa shape index (κ2) is 6.34. The van der Waals surface area contributed by atoms with Gasteiger partial charge in [0, 0.05) is 18.7 Å². The fraction of sp³-hybridized carbons (Fsp3) is 0.562. The Kier molecular flexibility index (Phi) is 4.68. The largest absolute Gasteiger partial charge is 0.465 e. The van der Waals surface area contributed by atoms with Crippen molar-refractivity contribution in [1.29, 1.82) is 0 Å². The molecule has 1 fully saturated rings. The van der Waals surface area contributed by atoms with Crippen LogP contribution in [0.2, 0.25) is 0 Å². The summed E-state index contributed by atoms with van der Waals surface area (Å²) in [5, 5.41) is 2.94. The molecule has 0 saturated heterocycles. The van der Waals surface area contributed by atoms with Gasteiger partial charge in [-0.25, -0.2) is 4.79 Å². The molecule has 1 atom stereocenters. The van der Waals surface area contributed by atoms with E-state index in [-0.39, 0.29) is 29.7 Å². The van der Waals surface area contributed by atoms with Gasteiger partial charge in [0.2, 0.25) is 5.91 Å². The predicted molar refractivity (Wildman–Crippen MR) is 80.9 cm³/mol. The van der Waals surface area contributed by atoms with E-state index in [2.05, 4.69) is 10.3 Å². The van der Waals surface area contributed by atoms with E-state index in [0.717, 1.165) is 12.8 Å². The number of H-pyrrole nitrogens is 1. The Hall–Kier alpha value is -2.11. The summed E-state index contributed by atoms with van der Waals surface area (Å²) in [5.41, 5.74) is 1.58. The minimum atomic E-state index is -0.542. The molecule has 0 radical (unpaired) electrons. The number of Topliss-reactive ketones (excluding diaryl/α,β-unsaturated/α-hetero) is 1. The fourth-order valence-corrected chi connectivity index (χ4v) is 2.70. The van der Waals surface area contributed by atoms with E-state index in [4.69, 9.17) is 4.74 Å². The zero-order chi connectivity index (χ0) is 16.4. The number of aromatic nitrogens is 1. The van der Waals surface area contributed by atoms with Crippen LogP contribution in [0.1, 0.15) is 58.8 Å². The maximum absolute atomic E-state index is 12.1. The van der Waals surface area contributed by atoms with Crippen LogP contribution in [0, 0.1) is 12.8 Å². The van der Waals surface area contributed by atoms with Crippen molar-refractivity contribution >= 4 is 17.7 Å². The summed E-state index contributed by atoms with van der Waals surface area (Å²) in [5.74, 6) is -0.331. The molecule has 1 heterocycles. The Morgan fingerprint density at radius 3 is 2.50 bits per heavy atom. The number of carbonyl (C=O) groups is 3. The molecule has 120 valence electrons. The first kappa shape index (κ1) is 16.3. The van der Waals surface area contributed by atoms with Crippen LogP contribution >= 0.6 is 0 Å². The van der Waals surface area contributed by atoms with Crippen LogP contribution in [0.15, 0.2) is 0 Å². The van der Waals surface area contributed by atoms with E-state index in [0.29, 0.717) is 22.9 Å². The van der Waals surface area contributed by atoms with Crippen molar-refractivity contribution in [3.05, 3.63) is 22.5 Å². The molecule has 1 aromatic rings. The average molecular weight is 306 g/mol. The van der Waals surface area contributed by atoms with Gasteiger partial charge in [-0.05, 0) is 38.2 Å². The zero-order valence-corrected chi connectivity index (χ0v) is 13.4. The standard InChI is InChI=1S/C16H22N2O4/c1-8-14(16(21)22-4)12(18-15(8)10(3)19)7-13(20)17-9(2)11-5-6-11/h9,11,18H,5-7H2,1-4H3,(H,17,20). The van der Waals surface area contributed by atoms with Gasteiger partial charge < -0.3 is 15.0 Å².